The zero-order chi connectivity index (χ0) is 22.5. The number of hydrazone groups is 1. The molecule has 0 bridgehead atoms. The normalized spacial score (nSPS) is 19.6. The van der Waals surface area contributed by atoms with E-state index in [2.05, 4.69) is 4.90 Å². The van der Waals surface area contributed by atoms with E-state index in [1.807, 2.05) is 61.5 Å². The molecule has 2 aromatic carbocycles. The molecule has 0 aliphatic carbocycles. The number of hydrogen-bond donors (Lipinski definition) is 0. The van der Waals surface area contributed by atoms with Crippen LogP contribution in [0, 0.1) is 5.92 Å². The monoisotopic (exact) mass is 453 g/mol. The molecule has 2 aliphatic heterocycles. The average Bonchev–Trinajstić information content (AvgIpc) is 3.26. The standard InChI is InChI=1S/C25H28ClN3O3/c1-2-32-25(31)19-12-14-28(15-13-19)17-24(30)29-23(20-10-6-7-11-21(20)26)16-22(27-29)18-8-4-3-5-9-18/h3-11,19,23H,2,12-17H2,1H3/t23-/m1/s1. The number of benzene rings is 2. The summed E-state index contributed by atoms with van der Waals surface area (Å²) in [6.45, 7) is 3.87. The minimum Gasteiger partial charge on any atom is -0.466 e. The van der Waals surface area contributed by atoms with Gasteiger partial charge in [-0.25, -0.2) is 5.01 Å². The second-order valence-corrected chi connectivity index (χ2v) is 8.60. The number of nitrogens with zero attached hydrogens (tertiary/aromatic N) is 3. The van der Waals surface area contributed by atoms with Gasteiger partial charge in [0.15, 0.2) is 0 Å². The lowest BCUT2D eigenvalue weighted by Gasteiger charge is -2.32. The van der Waals surface area contributed by atoms with E-state index in [0.29, 0.717) is 44.0 Å². The smallest absolute Gasteiger partial charge is 0.309 e. The van der Waals surface area contributed by atoms with Gasteiger partial charge in [0.1, 0.15) is 0 Å². The number of amides is 1. The summed E-state index contributed by atoms with van der Waals surface area (Å²) >= 11 is 6.49. The Kier molecular flexibility index (Phi) is 7.22. The molecule has 6 nitrogen and oxygen atoms in total. The first kappa shape index (κ1) is 22.5. The number of carbonyl (C=O) groups is 2. The van der Waals surface area contributed by atoms with Crippen LogP contribution in [0.1, 0.15) is 43.4 Å². The summed E-state index contributed by atoms with van der Waals surface area (Å²) < 4.78 is 5.14. The maximum Gasteiger partial charge on any atom is 0.309 e. The van der Waals surface area contributed by atoms with Gasteiger partial charge >= 0.3 is 5.97 Å². The topological polar surface area (TPSA) is 62.2 Å². The third kappa shape index (κ3) is 5.03. The van der Waals surface area contributed by atoms with Crippen molar-refractivity contribution in [2.24, 2.45) is 11.0 Å². The third-order valence-corrected chi connectivity index (χ3v) is 6.45. The Bertz CT molecular complexity index is 987. The predicted molar refractivity (Wildman–Crippen MR) is 124 cm³/mol. The highest BCUT2D eigenvalue weighted by Gasteiger charge is 2.35. The van der Waals surface area contributed by atoms with Crippen LogP contribution >= 0.6 is 11.6 Å². The van der Waals surface area contributed by atoms with E-state index in [1.54, 1.807) is 5.01 Å². The van der Waals surface area contributed by atoms with Crippen molar-refractivity contribution in [1.82, 2.24) is 9.91 Å². The average molecular weight is 454 g/mol. The van der Waals surface area contributed by atoms with E-state index in [4.69, 9.17) is 21.4 Å². The van der Waals surface area contributed by atoms with E-state index >= 15 is 0 Å². The van der Waals surface area contributed by atoms with Gasteiger partial charge in [-0.3, -0.25) is 14.5 Å². The fourth-order valence-corrected chi connectivity index (χ4v) is 4.65. The van der Waals surface area contributed by atoms with Crippen molar-refractivity contribution < 1.29 is 14.3 Å². The molecule has 0 radical (unpaired) electrons. The maximum atomic E-state index is 13.3. The highest BCUT2D eigenvalue weighted by Crippen LogP contribution is 2.36. The third-order valence-electron chi connectivity index (χ3n) is 6.10. The molecule has 168 valence electrons. The van der Waals surface area contributed by atoms with Crippen LogP contribution in [0.4, 0.5) is 0 Å². The van der Waals surface area contributed by atoms with Crippen LogP contribution < -0.4 is 0 Å². The second kappa shape index (κ2) is 10.3. The first-order valence-corrected chi connectivity index (χ1v) is 11.5. The Morgan fingerprint density at radius 1 is 1.06 bits per heavy atom. The Labute approximate surface area is 193 Å². The molecule has 1 saturated heterocycles. The number of esters is 1. The van der Waals surface area contributed by atoms with Crippen molar-refractivity contribution in [2.75, 3.05) is 26.2 Å². The molecule has 7 heteroatoms. The SMILES string of the molecule is CCOC(=O)C1CCN(CC(=O)N2N=C(c3ccccc3)C[C@@H]2c2ccccc2Cl)CC1. The van der Waals surface area contributed by atoms with E-state index in [1.165, 1.54) is 0 Å². The van der Waals surface area contributed by atoms with Gasteiger partial charge in [-0.2, -0.15) is 5.10 Å². The summed E-state index contributed by atoms with van der Waals surface area (Å²) in [4.78, 5) is 27.4. The van der Waals surface area contributed by atoms with Gasteiger partial charge in [0.25, 0.3) is 5.91 Å². The Balaban J connectivity index is 1.48. The highest BCUT2D eigenvalue weighted by atomic mass is 35.5. The molecule has 1 amide bonds. The summed E-state index contributed by atoms with van der Waals surface area (Å²) in [5, 5.41) is 6.96. The molecule has 4 rings (SSSR count). The van der Waals surface area contributed by atoms with Crippen LogP contribution in [0.25, 0.3) is 0 Å². The van der Waals surface area contributed by atoms with Gasteiger partial charge in [-0.1, -0.05) is 60.1 Å². The van der Waals surface area contributed by atoms with Gasteiger partial charge in [0, 0.05) is 11.4 Å². The molecule has 1 atom stereocenters. The number of likely N-dealkylation sites (tertiary alicyclic amines) is 1. The first-order chi connectivity index (χ1) is 15.6. The molecule has 32 heavy (non-hydrogen) atoms. The number of rotatable bonds is 6. The van der Waals surface area contributed by atoms with Crippen molar-refractivity contribution in [3.05, 3.63) is 70.7 Å². The molecular formula is C25H28ClN3O3. The van der Waals surface area contributed by atoms with Crippen LogP contribution in [-0.2, 0) is 14.3 Å². The summed E-state index contributed by atoms with van der Waals surface area (Å²) in [5.74, 6) is -0.268. The van der Waals surface area contributed by atoms with Crippen molar-refractivity contribution in [2.45, 2.75) is 32.2 Å². The van der Waals surface area contributed by atoms with E-state index in [9.17, 15) is 9.59 Å². The fourth-order valence-electron chi connectivity index (χ4n) is 4.38. The summed E-state index contributed by atoms with van der Waals surface area (Å²) in [6.07, 6.45) is 2.03. The predicted octanol–water partition coefficient (Wildman–Crippen LogP) is 4.29. The van der Waals surface area contributed by atoms with Crippen molar-refractivity contribution in [1.29, 1.82) is 0 Å². The zero-order valence-corrected chi connectivity index (χ0v) is 19.0. The molecule has 2 aromatic rings. The molecule has 0 spiro atoms. The van der Waals surface area contributed by atoms with Crippen LogP contribution in [0.2, 0.25) is 5.02 Å². The first-order valence-electron chi connectivity index (χ1n) is 11.1. The Hall–Kier alpha value is -2.70. The van der Waals surface area contributed by atoms with Gasteiger partial charge in [0.05, 0.1) is 30.8 Å². The van der Waals surface area contributed by atoms with E-state index < -0.39 is 0 Å². The molecule has 0 unspecified atom stereocenters. The van der Waals surface area contributed by atoms with Crippen LogP contribution in [0.3, 0.4) is 0 Å². The molecule has 0 N–H and O–H groups in total. The molecule has 0 aromatic heterocycles. The van der Waals surface area contributed by atoms with Gasteiger partial charge in [0.2, 0.25) is 0 Å². The van der Waals surface area contributed by atoms with Gasteiger partial charge < -0.3 is 4.74 Å². The Morgan fingerprint density at radius 3 is 2.44 bits per heavy atom. The molecular weight excluding hydrogens is 426 g/mol. The summed E-state index contributed by atoms with van der Waals surface area (Å²) in [5.41, 5.74) is 2.79. The maximum absolute atomic E-state index is 13.3. The zero-order valence-electron chi connectivity index (χ0n) is 18.2. The lowest BCUT2D eigenvalue weighted by molar-refractivity contribution is -0.149. The number of hydrogen-bond acceptors (Lipinski definition) is 5. The number of ether oxygens (including phenoxy) is 1. The number of piperidine rings is 1. The van der Waals surface area contributed by atoms with Gasteiger partial charge in [-0.05, 0) is 50.0 Å². The van der Waals surface area contributed by atoms with Crippen molar-refractivity contribution >= 4 is 29.2 Å². The highest BCUT2D eigenvalue weighted by molar-refractivity contribution is 6.31. The van der Waals surface area contributed by atoms with Crippen molar-refractivity contribution in [3.8, 4) is 0 Å². The van der Waals surface area contributed by atoms with E-state index in [-0.39, 0.29) is 30.4 Å². The molecule has 1 fully saturated rings. The van der Waals surface area contributed by atoms with Crippen molar-refractivity contribution in [3.63, 3.8) is 0 Å². The molecule has 2 heterocycles. The number of carbonyl (C=O) groups excluding carboxylic acids is 2. The minimum absolute atomic E-state index is 0.0598. The quantitative estimate of drug-likeness (QED) is 0.612. The minimum atomic E-state index is -0.233. The second-order valence-electron chi connectivity index (χ2n) is 8.19. The molecule has 2 aliphatic rings. The van der Waals surface area contributed by atoms with E-state index in [0.717, 1.165) is 16.8 Å². The van der Waals surface area contributed by atoms with Gasteiger partial charge in [-0.15, -0.1) is 0 Å². The largest absolute Gasteiger partial charge is 0.466 e. The lowest BCUT2D eigenvalue weighted by atomic mass is 9.97. The van der Waals surface area contributed by atoms with Crippen LogP contribution in [-0.4, -0.2) is 53.7 Å². The fraction of sp³-hybridized carbons (Fsp3) is 0.400. The van der Waals surface area contributed by atoms with Crippen LogP contribution in [0.5, 0.6) is 0 Å². The van der Waals surface area contributed by atoms with Crippen LogP contribution in [0.15, 0.2) is 59.7 Å². The number of halogens is 1. The lowest BCUT2D eigenvalue weighted by Crippen LogP contribution is -2.43. The Morgan fingerprint density at radius 2 is 1.75 bits per heavy atom. The molecule has 0 saturated carbocycles. The summed E-state index contributed by atoms with van der Waals surface area (Å²) in [6, 6.07) is 17.3. The summed E-state index contributed by atoms with van der Waals surface area (Å²) in [7, 11) is 0.